The van der Waals surface area contributed by atoms with Crippen LogP contribution in [-0.4, -0.2) is 16.0 Å². The van der Waals surface area contributed by atoms with Gasteiger partial charge in [0.05, 0.1) is 10.0 Å². The standard InChI is InChI=1S/C12H9BrFN3O2/c13-9-4-3-7(14)6-10(9)19-12-8(11(15)17-18)2-1-5-16-12/h1-6,18H,(H2,15,17). The van der Waals surface area contributed by atoms with Crippen molar-refractivity contribution in [2.45, 2.75) is 0 Å². The van der Waals surface area contributed by atoms with Crippen LogP contribution in [0, 0.1) is 5.82 Å². The van der Waals surface area contributed by atoms with Crippen molar-refractivity contribution in [1.82, 2.24) is 4.98 Å². The number of ether oxygens (including phenoxy) is 1. The van der Waals surface area contributed by atoms with Gasteiger partial charge in [0.1, 0.15) is 11.6 Å². The molecular weight excluding hydrogens is 317 g/mol. The van der Waals surface area contributed by atoms with Gasteiger partial charge in [-0.05, 0) is 40.2 Å². The molecule has 1 aromatic heterocycles. The first-order valence-corrected chi connectivity index (χ1v) is 5.97. The molecular formula is C12H9BrFN3O2. The predicted octanol–water partition coefficient (Wildman–Crippen LogP) is 2.87. The number of nitrogens with two attached hydrogens (primary N) is 1. The minimum atomic E-state index is -0.445. The molecule has 1 heterocycles. The topological polar surface area (TPSA) is 80.7 Å². The Balaban J connectivity index is 2.41. The lowest BCUT2D eigenvalue weighted by atomic mass is 10.2. The van der Waals surface area contributed by atoms with Crippen molar-refractivity contribution < 1.29 is 14.3 Å². The van der Waals surface area contributed by atoms with Crippen molar-refractivity contribution in [1.29, 1.82) is 0 Å². The second kappa shape index (κ2) is 5.66. The van der Waals surface area contributed by atoms with Crippen molar-refractivity contribution in [2.24, 2.45) is 10.9 Å². The van der Waals surface area contributed by atoms with Crippen LogP contribution in [0.5, 0.6) is 11.6 Å². The number of hydrogen-bond acceptors (Lipinski definition) is 4. The average Bonchev–Trinajstić information content (AvgIpc) is 2.42. The number of pyridine rings is 1. The van der Waals surface area contributed by atoms with Crippen molar-refractivity contribution in [3.05, 3.63) is 52.4 Å². The zero-order chi connectivity index (χ0) is 13.8. The second-order valence-electron chi connectivity index (χ2n) is 3.52. The van der Waals surface area contributed by atoms with Crippen LogP contribution in [-0.2, 0) is 0 Å². The first kappa shape index (κ1) is 13.3. The van der Waals surface area contributed by atoms with Crippen molar-refractivity contribution in [2.75, 3.05) is 0 Å². The maximum Gasteiger partial charge on any atom is 0.230 e. The lowest BCUT2D eigenvalue weighted by Crippen LogP contribution is -2.14. The second-order valence-corrected chi connectivity index (χ2v) is 4.37. The lowest BCUT2D eigenvalue weighted by molar-refractivity contribution is 0.318. The fraction of sp³-hybridized carbons (Fsp3) is 0. The molecule has 0 saturated heterocycles. The van der Waals surface area contributed by atoms with E-state index in [4.69, 9.17) is 15.7 Å². The van der Waals surface area contributed by atoms with Gasteiger partial charge in [0.25, 0.3) is 0 Å². The molecule has 7 heteroatoms. The molecule has 0 radical (unpaired) electrons. The lowest BCUT2D eigenvalue weighted by Gasteiger charge is -2.10. The molecule has 98 valence electrons. The number of nitrogens with zero attached hydrogens (tertiary/aromatic N) is 2. The molecule has 5 nitrogen and oxygen atoms in total. The van der Waals surface area contributed by atoms with Crippen LogP contribution in [0.25, 0.3) is 0 Å². The van der Waals surface area contributed by atoms with E-state index < -0.39 is 5.82 Å². The maximum absolute atomic E-state index is 13.2. The van der Waals surface area contributed by atoms with E-state index in [0.29, 0.717) is 10.0 Å². The summed E-state index contributed by atoms with van der Waals surface area (Å²) in [5.41, 5.74) is 5.82. The van der Waals surface area contributed by atoms with Crippen LogP contribution in [0.2, 0.25) is 0 Å². The minimum Gasteiger partial charge on any atom is -0.437 e. The third-order valence-corrected chi connectivity index (χ3v) is 2.91. The van der Waals surface area contributed by atoms with Crippen LogP contribution in [0.4, 0.5) is 4.39 Å². The fourth-order valence-electron chi connectivity index (χ4n) is 1.38. The summed E-state index contributed by atoms with van der Waals surface area (Å²) in [5, 5.41) is 11.6. The highest BCUT2D eigenvalue weighted by Crippen LogP contribution is 2.30. The van der Waals surface area contributed by atoms with E-state index >= 15 is 0 Å². The van der Waals surface area contributed by atoms with E-state index in [0.717, 1.165) is 0 Å². The van der Waals surface area contributed by atoms with Gasteiger partial charge >= 0.3 is 0 Å². The summed E-state index contributed by atoms with van der Waals surface area (Å²) >= 11 is 3.24. The van der Waals surface area contributed by atoms with E-state index in [2.05, 4.69) is 26.1 Å². The summed E-state index contributed by atoms with van der Waals surface area (Å²) in [7, 11) is 0. The highest BCUT2D eigenvalue weighted by atomic mass is 79.9. The SMILES string of the molecule is N/C(=N/O)c1cccnc1Oc1cc(F)ccc1Br. The summed E-state index contributed by atoms with van der Waals surface area (Å²) in [6.07, 6.45) is 1.48. The highest BCUT2D eigenvalue weighted by Gasteiger charge is 2.12. The number of amidine groups is 1. The van der Waals surface area contributed by atoms with Crippen LogP contribution >= 0.6 is 15.9 Å². The smallest absolute Gasteiger partial charge is 0.230 e. The molecule has 3 N–H and O–H groups in total. The predicted molar refractivity (Wildman–Crippen MR) is 70.9 cm³/mol. The summed E-state index contributed by atoms with van der Waals surface area (Å²) in [6.45, 7) is 0. The highest BCUT2D eigenvalue weighted by molar-refractivity contribution is 9.10. The molecule has 2 aromatic rings. The molecule has 0 aliphatic carbocycles. The zero-order valence-corrected chi connectivity index (χ0v) is 11.1. The van der Waals surface area contributed by atoms with Gasteiger partial charge in [0.2, 0.25) is 5.88 Å². The molecule has 0 unspecified atom stereocenters. The van der Waals surface area contributed by atoms with Crippen LogP contribution in [0.15, 0.2) is 46.2 Å². The number of benzene rings is 1. The average molecular weight is 326 g/mol. The Morgan fingerprint density at radius 3 is 2.95 bits per heavy atom. The Kier molecular flexibility index (Phi) is 3.96. The molecule has 1 aromatic carbocycles. The Morgan fingerprint density at radius 2 is 2.21 bits per heavy atom. The van der Waals surface area contributed by atoms with Gasteiger partial charge in [-0.1, -0.05) is 5.16 Å². The number of hydrogen-bond donors (Lipinski definition) is 2. The normalized spacial score (nSPS) is 11.4. The molecule has 2 rings (SSSR count). The van der Waals surface area contributed by atoms with E-state index in [1.54, 1.807) is 12.1 Å². The first-order chi connectivity index (χ1) is 9.11. The number of aromatic nitrogens is 1. The summed E-state index contributed by atoms with van der Waals surface area (Å²) in [4.78, 5) is 3.98. The van der Waals surface area contributed by atoms with Gasteiger partial charge in [-0.3, -0.25) is 0 Å². The van der Waals surface area contributed by atoms with Crippen LogP contribution in [0.3, 0.4) is 0 Å². The molecule has 0 bridgehead atoms. The fourth-order valence-corrected chi connectivity index (χ4v) is 1.71. The number of rotatable bonds is 3. The maximum atomic E-state index is 13.2. The Labute approximate surface area is 116 Å². The van der Waals surface area contributed by atoms with Crippen molar-refractivity contribution in [3.63, 3.8) is 0 Å². The molecule has 0 atom stereocenters. The van der Waals surface area contributed by atoms with Gasteiger partial charge in [-0.2, -0.15) is 0 Å². The largest absolute Gasteiger partial charge is 0.437 e. The summed E-state index contributed by atoms with van der Waals surface area (Å²) in [5.74, 6) is -0.232. The molecule has 19 heavy (non-hydrogen) atoms. The molecule has 0 spiro atoms. The van der Waals surface area contributed by atoms with Gasteiger partial charge in [0, 0.05) is 12.3 Å². The van der Waals surface area contributed by atoms with Gasteiger partial charge in [-0.25, -0.2) is 9.37 Å². The Hall–Kier alpha value is -2.15. The number of oxime groups is 1. The summed E-state index contributed by atoms with van der Waals surface area (Å²) < 4.78 is 19.2. The van der Waals surface area contributed by atoms with Gasteiger partial charge in [0.15, 0.2) is 5.84 Å². The molecule has 0 saturated carbocycles. The first-order valence-electron chi connectivity index (χ1n) is 5.17. The van der Waals surface area contributed by atoms with E-state index in [1.807, 2.05) is 0 Å². The van der Waals surface area contributed by atoms with Gasteiger partial charge in [-0.15, -0.1) is 0 Å². The summed E-state index contributed by atoms with van der Waals surface area (Å²) in [6, 6.07) is 7.19. The molecule has 0 aliphatic heterocycles. The molecule has 0 fully saturated rings. The van der Waals surface area contributed by atoms with E-state index in [1.165, 1.54) is 24.4 Å². The van der Waals surface area contributed by atoms with Crippen molar-refractivity contribution in [3.8, 4) is 11.6 Å². The Morgan fingerprint density at radius 1 is 1.42 bits per heavy atom. The van der Waals surface area contributed by atoms with Crippen molar-refractivity contribution >= 4 is 21.8 Å². The zero-order valence-electron chi connectivity index (χ0n) is 9.55. The third-order valence-electron chi connectivity index (χ3n) is 2.25. The molecule has 0 aliphatic rings. The number of halogens is 2. The minimum absolute atomic E-state index is 0.115. The van der Waals surface area contributed by atoms with E-state index in [-0.39, 0.29) is 17.5 Å². The quantitative estimate of drug-likeness (QED) is 0.393. The Bertz CT molecular complexity index is 634. The van der Waals surface area contributed by atoms with E-state index in [9.17, 15) is 4.39 Å². The van der Waals surface area contributed by atoms with Gasteiger partial charge < -0.3 is 15.7 Å². The molecule has 0 amide bonds. The third kappa shape index (κ3) is 3.00. The van der Waals surface area contributed by atoms with Crippen LogP contribution in [0.1, 0.15) is 5.56 Å². The monoisotopic (exact) mass is 325 g/mol. The van der Waals surface area contributed by atoms with Crippen LogP contribution < -0.4 is 10.5 Å².